The van der Waals surface area contributed by atoms with Crippen molar-refractivity contribution >= 4 is 28.9 Å². The topological polar surface area (TPSA) is 18.5 Å². The second-order valence-corrected chi connectivity index (χ2v) is 11.2. The maximum Gasteiger partial charge on any atom is 0.247 e. The molecule has 1 aliphatic heterocycles. The van der Waals surface area contributed by atoms with E-state index in [1.54, 1.807) is 11.4 Å². The normalized spacial score (nSPS) is 22.2. The molecule has 0 radical (unpaired) electrons. The van der Waals surface area contributed by atoms with Crippen molar-refractivity contribution in [3.05, 3.63) is 35.9 Å². The molecule has 0 unspecified atom stereocenters. The lowest BCUT2D eigenvalue weighted by Gasteiger charge is -2.35. The Hall–Kier alpha value is 0.140. The van der Waals surface area contributed by atoms with Gasteiger partial charge in [-0.1, -0.05) is 55.6 Å². The summed E-state index contributed by atoms with van der Waals surface area (Å²) in [5.74, 6) is 0.860. The van der Waals surface area contributed by atoms with E-state index >= 15 is 0 Å². The van der Waals surface area contributed by atoms with Gasteiger partial charge in [0.1, 0.15) is 0 Å². The van der Waals surface area contributed by atoms with Crippen molar-refractivity contribution in [1.29, 1.82) is 0 Å². The SMILES string of the molecule is CC1(C)COP(=S)(SCc2ccccc2)OC1. The number of hydrogen-bond donors (Lipinski definition) is 0. The van der Waals surface area contributed by atoms with Crippen molar-refractivity contribution in [2.24, 2.45) is 5.41 Å². The first kappa shape index (κ1) is 13.6. The second-order valence-electron chi connectivity index (χ2n) is 4.92. The molecule has 1 fully saturated rings. The first-order valence-electron chi connectivity index (χ1n) is 5.57. The van der Waals surface area contributed by atoms with Gasteiger partial charge in [-0.15, -0.1) is 0 Å². The first-order chi connectivity index (χ1) is 7.99. The van der Waals surface area contributed by atoms with Crippen LogP contribution in [0.5, 0.6) is 0 Å². The van der Waals surface area contributed by atoms with E-state index in [9.17, 15) is 0 Å². The minimum absolute atomic E-state index is 0.0929. The second kappa shape index (κ2) is 5.41. The molecule has 2 nitrogen and oxygen atoms in total. The Morgan fingerprint density at radius 3 is 2.41 bits per heavy atom. The highest BCUT2D eigenvalue weighted by Crippen LogP contribution is 2.65. The van der Waals surface area contributed by atoms with Crippen molar-refractivity contribution in [3.63, 3.8) is 0 Å². The molecule has 1 aromatic rings. The molecule has 1 aromatic carbocycles. The summed E-state index contributed by atoms with van der Waals surface area (Å²) in [6.07, 6.45) is 0. The average Bonchev–Trinajstić information content (AvgIpc) is 2.33. The van der Waals surface area contributed by atoms with Crippen LogP contribution in [0, 0.1) is 5.41 Å². The summed E-state index contributed by atoms with van der Waals surface area (Å²) in [4.78, 5) is 0. The van der Waals surface area contributed by atoms with Gasteiger partial charge in [0.2, 0.25) is 5.69 Å². The van der Waals surface area contributed by atoms with Crippen LogP contribution in [0.4, 0.5) is 0 Å². The van der Waals surface area contributed by atoms with Crippen molar-refractivity contribution < 1.29 is 9.05 Å². The zero-order valence-corrected chi connectivity index (χ0v) is 12.6. The van der Waals surface area contributed by atoms with Gasteiger partial charge < -0.3 is 9.05 Å². The summed E-state index contributed by atoms with van der Waals surface area (Å²) in [6, 6.07) is 10.3. The predicted molar refractivity (Wildman–Crippen MR) is 77.7 cm³/mol. The Balaban J connectivity index is 1.90. The lowest BCUT2D eigenvalue weighted by Crippen LogP contribution is -2.28. The molecule has 0 amide bonds. The Bertz CT molecular complexity index is 406. The van der Waals surface area contributed by atoms with Crippen LogP contribution >= 0.6 is 17.1 Å². The third-order valence-electron chi connectivity index (χ3n) is 2.46. The largest absolute Gasteiger partial charge is 0.321 e. The van der Waals surface area contributed by atoms with Gasteiger partial charge in [-0.25, -0.2) is 0 Å². The van der Waals surface area contributed by atoms with Crippen LogP contribution in [0.15, 0.2) is 30.3 Å². The molecule has 0 aromatic heterocycles. The lowest BCUT2D eigenvalue weighted by molar-refractivity contribution is 0.0672. The Morgan fingerprint density at radius 2 is 1.82 bits per heavy atom. The summed E-state index contributed by atoms with van der Waals surface area (Å²) >= 11 is 7.12. The summed E-state index contributed by atoms with van der Waals surface area (Å²) in [5, 5.41) is 0. The van der Waals surface area contributed by atoms with Gasteiger partial charge in [0.25, 0.3) is 0 Å². The molecular formula is C12H17O2PS2. The fourth-order valence-electron chi connectivity index (χ4n) is 1.39. The van der Waals surface area contributed by atoms with E-state index in [-0.39, 0.29) is 5.41 Å². The molecule has 0 atom stereocenters. The van der Waals surface area contributed by atoms with Crippen molar-refractivity contribution in [2.45, 2.75) is 19.6 Å². The lowest BCUT2D eigenvalue weighted by atomic mass is 9.97. The van der Waals surface area contributed by atoms with Gasteiger partial charge in [0.05, 0.1) is 13.2 Å². The first-order valence-corrected chi connectivity index (χ1v) is 9.80. The molecule has 0 bridgehead atoms. The zero-order valence-electron chi connectivity index (χ0n) is 10.1. The maximum absolute atomic E-state index is 5.77. The third kappa shape index (κ3) is 4.08. The number of hydrogen-bond acceptors (Lipinski definition) is 4. The fraction of sp³-hybridized carbons (Fsp3) is 0.500. The number of rotatable bonds is 3. The molecule has 1 heterocycles. The zero-order chi connectivity index (χ0) is 12.4. The average molecular weight is 288 g/mol. The van der Waals surface area contributed by atoms with Gasteiger partial charge in [-0.05, 0) is 17.4 Å². The molecule has 0 aliphatic carbocycles. The monoisotopic (exact) mass is 288 g/mol. The highest BCUT2D eigenvalue weighted by atomic mass is 32.9. The maximum atomic E-state index is 5.77. The van der Waals surface area contributed by atoms with E-state index in [4.69, 9.17) is 20.9 Å². The summed E-state index contributed by atoms with van der Waals surface area (Å²) < 4.78 is 11.5. The molecule has 94 valence electrons. The van der Waals surface area contributed by atoms with Crippen molar-refractivity contribution in [2.75, 3.05) is 13.2 Å². The van der Waals surface area contributed by atoms with E-state index in [0.29, 0.717) is 13.2 Å². The Labute approximate surface area is 112 Å². The van der Waals surface area contributed by atoms with Gasteiger partial charge in [0.15, 0.2) is 0 Å². The predicted octanol–water partition coefficient (Wildman–Crippen LogP) is 4.22. The Kier molecular flexibility index (Phi) is 4.32. The van der Waals surface area contributed by atoms with Gasteiger partial charge in [0, 0.05) is 11.2 Å². The molecule has 2 rings (SSSR count). The van der Waals surface area contributed by atoms with Crippen molar-refractivity contribution in [3.8, 4) is 0 Å². The van der Waals surface area contributed by atoms with E-state index in [1.807, 2.05) is 18.2 Å². The van der Waals surface area contributed by atoms with Crippen LogP contribution in [-0.2, 0) is 26.6 Å². The molecular weight excluding hydrogens is 271 g/mol. The highest BCUT2D eigenvalue weighted by molar-refractivity contribution is 8.67. The van der Waals surface area contributed by atoms with Gasteiger partial charge in [-0.2, -0.15) is 0 Å². The van der Waals surface area contributed by atoms with Crippen LogP contribution in [0.3, 0.4) is 0 Å². The van der Waals surface area contributed by atoms with Crippen LogP contribution in [0.2, 0.25) is 0 Å². The van der Waals surface area contributed by atoms with Crippen LogP contribution in [0.25, 0.3) is 0 Å². The highest BCUT2D eigenvalue weighted by Gasteiger charge is 2.33. The molecule has 1 saturated heterocycles. The molecule has 5 heteroatoms. The van der Waals surface area contributed by atoms with E-state index in [2.05, 4.69) is 26.0 Å². The van der Waals surface area contributed by atoms with Gasteiger partial charge >= 0.3 is 0 Å². The molecule has 1 aliphatic rings. The molecule has 0 N–H and O–H groups in total. The third-order valence-corrected chi connectivity index (χ3v) is 7.68. The molecule has 0 saturated carbocycles. The fourth-order valence-corrected chi connectivity index (χ4v) is 5.60. The van der Waals surface area contributed by atoms with Crippen LogP contribution < -0.4 is 0 Å². The molecule has 0 spiro atoms. The minimum atomic E-state index is -2.11. The standard InChI is InChI=1S/C12H17O2PS2/c1-12(2)9-13-15(16,14-10-12)17-8-11-6-4-3-5-7-11/h3-7H,8-10H2,1-2H3. The van der Waals surface area contributed by atoms with Crippen LogP contribution in [-0.4, -0.2) is 13.2 Å². The number of benzene rings is 1. The summed E-state index contributed by atoms with van der Waals surface area (Å²) in [5.41, 5.74) is -0.753. The summed E-state index contributed by atoms with van der Waals surface area (Å²) in [6.45, 7) is 5.67. The van der Waals surface area contributed by atoms with E-state index < -0.39 is 5.69 Å². The van der Waals surface area contributed by atoms with E-state index in [0.717, 1.165) is 5.75 Å². The molecule has 17 heavy (non-hydrogen) atoms. The minimum Gasteiger partial charge on any atom is -0.321 e. The van der Waals surface area contributed by atoms with Crippen molar-refractivity contribution in [1.82, 2.24) is 0 Å². The quantitative estimate of drug-likeness (QED) is 0.775. The summed E-state index contributed by atoms with van der Waals surface area (Å²) in [7, 11) is 0. The van der Waals surface area contributed by atoms with Gasteiger partial charge in [-0.3, -0.25) is 0 Å². The van der Waals surface area contributed by atoms with E-state index in [1.165, 1.54) is 5.56 Å². The smallest absolute Gasteiger partial charge is 0.247 e. The van der Waals surface area contributed by atoms with Crippen LogP contribution in [0.1, 0.15) is 19.4 Å². The Morgan fingerprint density at radius 1 is 1.24 bits per heavy atom.